The second-order valence-electron chi connectivity index (χ2n) is 4.90. The number of aryl methyl sites for hydroxylation is 1. The van der Waals surface area contributed by atoms with Gasteiger partial charge >= 0.3 is 7.40 Å². The molecule has 1 aliphatic heterocycles. The third-order valence-corrected chi connectivity index (χ3v) is 3.28. The van der Waals surface area contributed by atoms with Crippen LogP contribution in [0, 0.1) is 0 Å². The molecule has 20 heavy (non-hydrogen) atoms. The van der Waals surface area contributed by atoms with Crippen LogP contribution in [0.4, 0.5) is 8.63 Å². The summed E-state index contributed by atoms with van der Waals surface area (Å²) in [5, 5.41) is 0. The summed E-state index contributed by atoms with van der Waals surface area (Å²) in [4.78, 5) is 4.34. The molecule has 1 aliphatic rings. The Labute approximate surface area is 118 Å². The zero-order chi connectivity index (χ0) is 14.7. The molecule has 0 saturated heterocycles. The maximum atomic E-state index is 13.2. The van der Waals surface area contributed by atoms with E-state index in [1.807, 2.05) is 19.9 Å². The molecule has 6 heteroatoms. The molecule has 2 heterocycles. The lowest BCUT2D eigenvalue weighted by atomic mass is 10.1. The van der Waals surface area contributed by atoms with Crippen LogP contribution >= 0.6 is 0 Å². The summed E-state index contributed by atoms with van der Waals surface area (Å²) in [5.74, 6) is 0. The summed E-state index contributed by atoms with van der Waals surface area (Å²) in [6.07, 6.45) is 4.90. The molecule has 0 saturated carbocycles. The molecule has 0 spiro atoms. The standard InChI is InChI=1S/C14H18BF2N3/c1-10-8-11(2)19-14(10)9-13-6-5-12(4-3-7-18)20(13)15(16)17/h5-6,8-9H,3-4,7,18H2,1-2H3/b14-9-. The summed E-state index contributed by atoms with van der Waals surface area (Å²) in [5.41, 5.74) is 9.16. The van der Waals surface area contributed by atoms with Crippen molar-refractivity contribution in [1.82, 2.24) is 4.48 Å². The van der Waals surface area contributed by atoms with Gasteiger partial charge in [-0.3, -0.25) is 13.6 Å². The Balaban J connectivity index is 2.36. The molecule has 0 unspecified atom stereocenters. The Bertz CT molecular complexity index is 585. The molecule has 2 N–H and O–H groups in total. The molecule has 3 nitrogen and oxygen atoms in total. The van der Waals surface area contributed by atoms with E-state index >= 15 is 0 Å². The van der Waals surface area contributed by atoms with E-state index in [0.29, 0.717) is 30.8 Å². The number of halogens is 2. The first kappa shape index (κ1) is 14.7. The number of hydrogen-bond donors (Lipinski definition) is 1. The van der Waals surface area contributed by atoms with Crippen molar-refractivity contribution in [2.24, 2.45) is 10.7 Å². The van der Waals surface area contributed by atoms with Crippen LogP contribution in [0.25, 0.3) is 6.08 Å². The van der Waals surface area contributed by atoms with E-state index in [9.17, 15) is 8.63 Å². The van der Waals surface area contributed by atoms with Gasteiger partial charge in [-0.25, -0.2) is 0 Å². The maximum Gasteiger partial charge on any atom is 0.677 e. The second kappa shape index (κ2) is 6.18. The molecule has 1 aromatic heterocycles. The lowest BCUT2D eigenvalue weighted by Gasteiger charge is -2.08. The lowest BCUT2D eigenvalue weighted by Crippen LogP contribution is -2.18. The molecule has 0 atom stereocenters. The molecule has 0 bridgehead atoms. The molecule has 0 radical (unpaired) electrons. The van der Waals surface area contributed by atoms with Crippen LogP contribution in [0.2, 0.25) is 0 Å². The first-order valence-electron chi connectivity index (χ1n) is 6.67. The molecule has 2 rings (SSSR count). The zero-order valence-corrected chi connectivity index (χ0v) is 11.7. The lowest BCUT2D eigenvalue weighted by molar-refractivity contribution is 0.617. The van der Waals surface area contributed by atoms with Gasteiger partial charge in [0.1, 0.15) is 0 Å². The van der Waals surface area contributed by atoms with Crippen molar-refractivity contribution < 1.29 is 8.63 Å². The van der Waals surface area contributed by atoms with E-state index in [1.165, 1.54) is 0 Å². The Morgan fingerprint density at radius 2 is 2.10 bits per heavy atom. The van der Waals surface area contributed by atoms with Gasteiger partial charge in [0.15, 0.2) is 0 Å². The quantitative estimate of drug-likeness (QED) is 0.826. The highest BCUT2D eigenvalue weighted by Gasteiger charge is 2.23. The van der Waals surface area contributed by atoms with Crippen molar-refractivity contribution >= 4 is 19.2 Å². The zero-order valence-electron chi connectivity index (χ0n) is 11.7. The van der Waals surface area contributed by atoms with Crippen LogP contribution < -0.4 is 5.73 Å². The van der Waals surface area contributed by atoms with Crippen molar-refractivity contribution in [1.29, 1.82) is 0 Å². The van der Waals surface area contributed by atoms with E-state index in [2.05, 4.69) is 4.99 Å². The summed E-state index contributed by atoms with van der Waals surface area (Å²) in [7, 11) is -2.56. The van der Waals surface area contributed by atoms with E-state index in [4.69, 9.17) is 5.73 Å². The van der Waals surface area contributed by atoms with Crippen LogP contribution in [0.1, 0.15) is 31.7 Å². The van der Waals surface area contributed by atoms with Crippen molar-refractivity contribution in [3.05, 3.63) is 40.9 Å². The van der Waals surface area contributed by atoms with Crippen LogP contribution in [0.5, 0.6) is 0 Å². The molecule has 0 amide bonds. The Hall–Kier alpha value is -1.69. The SMILES string of the molecule is CC1=CC(C)=N/C1=C\c1ccc(CCCN)n1B(F)F. The number of aromatic nitrogens is 1. The smallest absolute Gasteiger partial charge is 0.330 e. The van der Waals surface area contributed by atoms with Gasteiger partial charge in [0.05, 0.1) is 5.70 Å². The minimum Gasteiger partial charge on any atom is -0.330 e. The maximum absolute atomic E-state index is 13.2. The number of rotatable bonds is 5. The van der Waals surface area contributed by atoms with Gasteiger partial charge in [-0.1, -0.05) is 0 Å². The van der Waals surface area contributed by atoms with E-state index in [0.717, 1.165) is 21.5 Å². The number of aliphatic imine (C=N–C) groups is 1. The van der Waals surface area contributed by atoms with Crippen molar-refractivity contribution in [2.75, 3.05) is 6.54 Å². The van der Waals surface area contributed by atoms with Crippen LogP contribution in [0.15, 0.2) is 34.5 Å². The second-order valence-corrected chi connectivity index (χ2v) is 4.90. The fourth-order valence-corrected chi connectivity index (χ4v) is 2.33. The monoisotopic (exact) mass is 277 g/mol. The largest absolute Gasteiger partial charge is 0.677 e. The predicted molar refractivity (Wildman–Crippen MR) is 80.0 cm³/mol. The summed E-state index contributed by atoms with van der Waals surface area (Å²) in [6, 6.07) is 3.44. The number of hydrogen-bond acceptors (Lipinski definition) is 2. The van der Waals surface area contributed by atoms with Gasteiger partial charge in [-0.2, -0.15) is 0 Å². The van der Waals surface area contributed by atoms with Gasteiger partial charge in [0.2, 0.25) is 0 Å². The van der Waals surface area contributed by atoms with E-state index < -0.39 is 7.40 Å². The number of nitrogens with zero attached hydrogens (tertiary/aromatic N) is 2. The fraction of sp³-hybridized carbons (Fsp3) is 0.357. The molecule has 0 fully saturated rings. The van der Waals surface area contributed by atoms with Gasteiger partial charge in [-0.15, -0.1) is 0 Å². The Morgan fingerprint density at radius 3 is 2.65 bits per heavy atom. The Morgan fingerprint density at radius 1 is 1.35 bits per heavy atom. The van der Waals surface area contributed by atoms with Gasteiger partial charge in [0.25, 0.3) is 0 Å². The summed E-state index contributed by atoms with van der Waals surface area (Å²) in [6.45, 7) is 4.32. The van der Waals surface area contributed by atoms with Crippen molar-refractivity contribution in [3.8, 4) is 0 Å². The van der Waals surface area contributed by atoms with Crippen LogP contribution in [0.3, 0.4) is 0 Å². The first-order valence-corrected chi connectivity index (χ1v) is 6.67. The Kier molecular flexibility index (Phi) is 4.55. The molecule has 0 aliphatic carbocycles. The van der Waals surface area contributed by atoms with Crippen molar-refractivity contribution in [2.45, 2.75) is 26.7 Å². The molecule has 0 aromatic carbocycles. The van der Waals surface area contributed by atoms with E-state index in [1.54, 1.807) is 18.2 Å². The molecular weight excluding hydrogens is 259 g/mol. The van der Waals surface area contributed by atoms with E-state index in [-0.39, 0.29) is 0 Å². The third kappa shape index (κ3) is 3.07. The van der Waals surface area contributed by atoms with Gasteiger partial charge in [0, 0.05) is 17.1 Å². The number of allylic oxidation sites excluding steroid dienone is 2. The van der Waals surface area contributed by atoms with Crippen LogP contribution in [-0.4, -0.2) is 24.1 Å². The van der Waals surface area contributed by atoms with Gasteiger partial charge < -0.3 is 10.2 Å². The minimum atomic E-state index is -2.56. The average Bonchev–Trinajstić information content (AvgIpc) is 2.91. The first-order chi connectivity index (χ1) is 9.52. The fourth-order valence-electron chi connectivity index (χ4n) is 2.33. The average molecular weight is 277 g/mol. The molecule has 106 valence electrons. The normalized spacial score (nSPS) is 16.6. The highest BCUT2D eigenvalue weighted by Crippen LogP contribution is 2.23. The predicted octanol–water partition coefficient (Wildman–Crippen LogP) is 2.91. The van der Waals surface area contributed by atoms with Crippen molar-refractivity contribution in [3.63, 3.8) is 0 Å². The highest BCUT2D eigenvalue weighted by molar-refractivity contribution is 6.41. The molecule has 1 aromatic rings. The topological polar surface area (TPSA) is 43.3 Å². The minimum absolute atomic E-state index is 0.480. The third-order valence-electron chi connectivity index (χ3n) is 3.28. The highest BCUT2D eigenvalue weighted by atomic mass is 19.2. The molecular formula is C14H18BF2N3. The summed E-state index contributed by atoms with van der Waals surface area (Å²) >= 11 is 0. The van der Waals surface area contributed by atoms with Gasteiger partial charge in [-0.05, 0) is 63.1 Å². The number of nitrogens with two attached hydrogens (primary N) is 1. The summed E-state index contributed by atoms with van der Waals surface area (Å²) < 4.78 is 27.6. The van der Waals surface area contributed by atoms with Crippen LogP contribution in [-0.2, 0) is 6.42 Å².